The molecule has 0 atom stereocenters. The maximum absolute atomic E-state index is 14.9. The van der Waals surface area contributed by atoms with E-state index in [-0.39, 0.29) is 71.6 Å². The Morgan fingerprint density at radius 2 is 0.908 bits per heavy atom. The highest BCUT2D eigenvalue weighted by Crippen LogP contribution is 2.29. The van der Waals surface area contributed by atoms with Gasteiger partial charge in [-0.25, -0.2) is 18.4 Å². The highest BCUT2D eigenvalue weighted by Gasteiger charge is 2.28. The Morgan fingerprint density at radius 1 is 0.554 bits per heavy atom. The molecule has 0 unspecified atom stereocenters. The average molecular weight is 927 g/mol. The van der Waals surface area contributed by atoms with E-state index in [9.17, 15) is 35.9 Å². The summed E-state index contributed by atoms with van der Waals surface area (Å²) >= 11 is 0. The summed E-state index contributed by atoms with van der Waals surface area (Å²) in [5.74, 6) is -3.24. The summed E-state index contributed by atoms with van der Waals surface area (Å²) in [7, 11) is 4.00. The van der Waals surface area contributed by atoms with E-state index in [2.05, 4.69) is 30.2 Å². The van der Waals surface area contributed by atoms with Crippen LogP contribution in [0.2, 0.25) is 0 Å². The van der Waals surface area contributed by atoms with Crippen LogP contribution in [0.4, 0.5) is 47.3 Å². The average Bonchev–Trinajstić information content (AvgIpc) is 4.02. The molecule has 4 aromatic carbocycles. The number of rotatable bonds is 10. The molecule has 2 aliphatic rings. The van der Waals surface area contributed by atoms with Gasteiger partial charge in [-0.3, -0.25) is 9.80 Å². The second kappa shape index (κ2) is 21.9. The van der Waals surface area contributed by atoms with E-state index >= 15 is 0 Å². The van der Waals surface area contributed by atoms with Gasteiger partial charge in [0.2, 0.25) is 11.8 Å². The number of nitrogens with zero attached hydrogens (tertiary/aromatic N) is 10. The molecule has 0 spiro atoms. The Morgan fingerprint density at radius 3 is 1.22 bits per heavy atom. The summed E-state index contributed by atoms with van der Waals surface area (Å²) in [6.45, 7) is 5.43. The predicted octanol–water partition coefficient (Wildman–Crippen LogP) is 8.80. The number of hydrogen-bond donors (Lipinski definition) is 0. The Labute approximate surface area is 376 Å². The summed E-state index contributed by atoms with van der Waals surface area (Å²) in [6.07, 6.45) is -5.80. The van der Waals surface area contributed by atoms with Crippen molar-refractivity contribution in [3.05, 3.63) is 132 Å². The molecule has 14 nitrogen and oxygen atoms in total. The first-order valence-corrected chi connectivity index (χ1v) is 20.3. The Kier molecular flexibility index (Phi) is 16.2. The Hall–Kier alpha value is -6.51. The lowest BCUT2D eigenvalue weighted by Crippen LogP contribution is -2.52. The third-order valence-electron chi connectivity index (χ3n) is 10.7. The zero-order chi connectivity index (χ0) is 45.3. The molecule has 6 aromatic rings. The molecule has 8 rings (SSSR count). The van der Waals surface area contributed by atoms with Crippen LogP contribution in [0.25, 0.3) is 22.9 Å². The van der Waals surface area contributed by atoms with Gasteiger partial charge in [-0.1, -0.05) is 48.5 Å². The predicted molar refractivity (Wildman–Crippen MR) is 231 cm³/mol. The van der Waals surface area contributed by atoms with Gasteiger partial charge >= 0.3 is 24.9 Å². The fourth-order valence-electron chi connectivity index (χ4n) is 6.93. The topological polar surface area (TPSA) is 131 Å². The molecule has 21 heteroatoms. The molecule has 4 amide bonds. The highest BCUT2D eigenvalue weighted by molar-refractivity contribution is 5.93. The number of anilines is 2. The third kappa shape index (κ3) is 12.0. The zero-order valence-corrected chi connectivity index (χ0v) is 36.1. The number of urea groups is 2. The number of likely N-dealkylation sites (N-methyl/N-ethyl adjacent to an activating group) is 2. The van der Waals surface area contributed by atoms with E-state index in [4.69, 9.17) is 8.83 Å². The minimum atomic E-state index is -2.90. The summed E-state index contributed by atoms with van der Waals surface area (Å²) in [5, 5.41) is 13.6. The number of alkyl halides is 4. The van der Waals surface area contributed by atoms with E-state index in [1.165, 1.54) is 34.1 Å². The summed E-state index contributed by atoms with van der Waals surface area (Å²) in [6, 6.07) is 26.0. The van der Waals surface area contributed by atoms with Gasteiger partial charge < -0.3 is 28.4 Å². The quantitative estimate of drug-likeness (QED) is 0.123. The molecule has 0 saturated carbocycles. The van der Waals surface area contributed by atoms with Crippen molar-refractivity contribution in [2.45, 2.75) is 25.9 Å². The van der Waals surface area contributed by atoms with Crippen molar-refractivity contribution in [3.8, 4) is 22.9 Å². The van der Waals surface area contributed by atoms with Crippen molar-refractivity contribution in [2.24, 2.45) is 0 Å². The number of amides is 4. The highest BCUT2D eigenvalue weighted by atomic mass is 35.5. The van der Waals surface area contributed by atoms with Crippen molar-refractivity contribution in [3.63, 3.8) is 0 Å². The molecule has 4 heterocycles. The number of piperazine rings is 2. The molecule has 2 saturated heterocycles. The van der Waals surface area contributed by atoms with E-state index in [1.54, 1.807) is 34.1 Å². The van der Waals surface area contributed by atoms with E-state index in [1.807, 2.05) is 50.5 Å². The maximum Gasteiger partial charge on any atom is 0.324 e. The molecule has 65 heavy (non-hydrogen) atoms. The van der Waals surface area contributed by atoms with E-state index < -0.39 is 36.3 Å². The van der Waals surface area contributed by atoms with Gasteiger partial charge in [0.1, 0.15) is 11.6 Å². The van der Waals surface area contributed by atoms with Crippen LogP contribution in [-0.2, 0) is 13.1 Å². The lowest BCUT2D eigenvalue weighted by molar-refractivity contribution is 0.115. The second-order valence-corrected chi connectivity index (χ2v) is 15.1. The normalized spacial score (nSPS) is 14.5. The number of halogens is 7. The van der Waals surface area contributed by atoms with Crippen LogP contribution >= 0.6 is 12.4 Å². The SMILES string of the molecule is CN1CCN(C(=O)N(Cc2ccc(-c3nnc(C(F)F)o3)cc2F)c2ccccc2)CC1.CN1CCN(C(=O)N(Cc2ccc(-c3nnc(C(F)F)o3)cc2F)c2ccccc2)CC1.Cl. The smallest absolute Gasteiger partial charge is 0.324 e. The van der Waals surface area contributed by atoms with Crippen LogP contribution in [0.15, 0.2) is 106 Å². The van der Waals surface area contributed by atoms with Crippen molar-refractivity contribution in [1.82, 2.24) is 40.0 Å². The van der Waals surface area contributed by atoms with Crippen molar-refractivity contribution < 1.29 is 44.8 Å². The van der Waals surface area contributed by atoms with Gasteiger partial charge in [0.15, 0.2) is 0 Å². The van der Waals surface area contributed by atoms with Gasteiger partial charge in [0.05, 0.1) is 13.1 Å². The van der Waals surface area contributed by atoms with Crippen LogP contribution in [0.1, 0.15) is 35.8 Å². The lowest BCUT2D eigenvalue weighted by Gasteiger charge is -2.36. The van der Waals surface area contributed by atoms with Gasteiger partial charge in [-0.15, -0.1) is 32.8 Å². The maximum atomic E-state index is 14.9. The summed E-state index contributed by atoms with van der Waals surface area (Å²) < 4.78 is 90.4. The van der Waals surface area contributed by atoms with Crippen molar-refractivity contribution in [1.29, 1.82) is 0 Å². The molecular weight excluding hydrogens is 882 g/mol. The molecule has 2 fully saturated rings. The Balaban J connectivity index is 0.000000212. The number of para-hydroxylation sites is 2. The fraction of sp³-hybridized carbons (Fsp3) is 0.318. The lowest BCUT2D eigenvalue weighted by atomic mass is 10.1. The number of carbonyl (C=O) groups is 2. The Bertz CT molecular complexity index is 2320. The fourth-order valence-corrected chi connectivity index (χ4v) is 6.93. The number of carbonyl (C=O) groups excluding carboxylic acids is 2. The molecule has 2 aromatic heterocycles. The van der Waals surface area contributed by atoms with Gasteiger partial charge in [-0.2, -0.15) is 17.6 Å². The second-order valence-electron chi connectivity index (χ2n) is 15.1. The largest absolute Gasteiger partial charge is 0.415 e. The summed E-state index contributed by atoms with van der Waals surface area (Å²) in [4.78, 5) is 37.4. The van der Waals surface area contributed by atoms with Crippen molar-refractivity contribution in [2.75, 3.05) is 76.3 Å². The zero-order valence-electron chi connectivity index (χ0n) is 35.2. The molecule has 0 radical (unpaired) electrons. The number of benzene rings is 4. The van der Waals surface area contributed by atoms with Gasteiger partial charge in [0.25, 0.3) is 11.8 Å². The molecule has 0 N–H and O–H groups in total. The van der Waals surface area contributed by atoms with Crippen LogP contribution in [0, 0.1) is 11.6 Å². The molecule has 2 aliphatic heterocycles. The first-order valence-electron chi connectivity index (χ1n) is 20.3. The van der Waals surface area contributed by atoms with Crippen LogP contribution in [-0.4, -0.2) is 119 Å². The monoisotopic (exact) mass is 926 g/mol. The first kappa shape index (κ1) is 48.0. The molecular formula is C44H45ClF6N10O4. The van der Waals surface area contributed by atoms with Crippen LogP contribution in [0.3, 0.4) is 0 Å². The molecule has 344 valence electrons. The van der Waals surface area contributed by atoms with Crippen molar-refractivity contribution >= 4 is 35.8 Å². The molecule has 0 aliphatic carbocycles. The van der Waals surface area contributed by atoms with Gasteiger partial charge in [0, 0.05) is 86.0 Å². The molecule has 0 bridgehead atoms. The minimum Gasteiger partial charge on any atom is -0.415 e. The number of hydrogen-bond acceptors (Lipinski definition) is 10. The third-order valence-corrected chi connectivity index (χ3v) is 10.7. The standard InChI is InChI=1S/2C22H22F3N5O2.ClH/c2*1-28-9-11-29(12-10-28)22(31)30(17-5-3-2-4-6-17)14-16-8-7-15(13-18(16)23)20-26-27-21(32-20)19(24)25;/h2*2-8,13,19H,9-12,14H2,1H3;1H. The van der Waals surface area contributed by atoms with Crippen LogP contribution < -0.4 is 9.80 Å². The van der Waals surface area contributed by atoms with Gasteiger partial charge in [-0.05, 0) is 62.6 Å². The van der Waals surface area contributed by atoms with E-state index in [0.29, 0.717) is 37.6 Å². The number of aromatic nitrogens is 4. The minimum absolute atomic E-state index is 0. The van der Waals surface area contributed by atoms with Crippen LogP contribution in [0.5, 0.6) is 0 Å². The van der Waals surface area contributed by atoms with E-state index in [0.717, 1.165) is 38.3 Å². The summed E-state index contributed by atoms with van der Waals surface area (Å²) in [5.41, 5.74) is 2.21. The first-order chi connectivity index (χ1) is 30.8.